The zero-order valence-corrected chi connectivity index (χ0v) is 13.6. The van der Waals surface area contributed by atoms with Crippen LogP contribution in [-0.2, 0) is 0 Å². The van der Waals surface area contributed by atoms with Gasteiger partial charge in [-0.15, -0.1) is 0 Å². The van der Waals surface area contributed by atoms with Crippen molar-refractivity contribution in [2.45, 2.75) is 77.7 Å². The zero-order valence-electron chi connectivity index (χ0n) is 13.6. The maximum absolute atomic E-state index is 10.4. The summed E-state index contributed by atoms with van der Waals surface area (Å²) in [6.45, 7) is 4.63. The zero-order chi connectivity index (χ0) is 14.6. The predicted molar refractivity (Wildman–Crippen MR) is 86.2 cm³/mol. The molecule has 2 heteroatoms. The van der Waals surface area contributed by atoms with Crippen LogP contribution in [0.4, 0.5) is 0 Å². The van der Waals surface area contributed by atoms with Gasteiger partial charge in [-0.3, -0.25) is 0 Å². The highest BCUT2D eigenvalue weighted by Crippen LogP contribution is 2.56. The lowest BCUT2D eigenvalue weighted by Gasteiger charge is -2.43. The highest BCUT2D eigenvalue weighted by Gasteiger charge is 2.52. The Morgan fingerprint density at radius 3 is 2.75 bits per heavy atom. The van der Waals surface area contributed by atoms with Crippen LogP contribution in [0.5, 0.6) is 0 Å². The second kappa shape index (κ2) is 7.06. The van der Waals surface area contributed by atoms with E-state index in [-0.39, 0.29) is 11.5 Å². The SMILES string of the molecule is CN=CC12CCCC(O)[C@@H]1CC[C@@H]2CCCCC(C)C. The summed E-state index contributed by atoms with van der Waals surface area (Å²) in [6.07, 6.45) is 13.5. The molecule has 0 spiro atoms. The smallest absolute Gasteiger partial charge is 0.0577 e. The van der Waals surface area contributed by atoms with E-state index in [1.165, 1.54) is 51.4 Å². The topological polar surface area (TPSA) is 32.6 Å². The molecule has 2 rings (SSSR count). The van der Waals surface area contributed by atoms with Crippen molar-refractivity contribution in [1.82, 2.24) is 0 Å². The van der Waals surface area contributed by atoms with Crippen LogP contribution >= 0.6 is 0 Å². The van der Waals surface area contributed by atoms with Crippen LogP contribution in [0.25, 0.3) is 0 Å². The van der Waals surface area contributed by atoms with E-state index < -0.39 is 0 Å². The predicted octanol–water partition coefficient (Wildman–Crippen LogP) is 4.46. The molecule has 4 atom stereocenters. The van der Waals surface area contributed by atoms with Gasteiger partial charge < -0.3 is 10.1 Å². The largest absolute Gasteiger partial charge is 0.393 e. The Morgan fingerprint density at radius 2 is 2.05 bits per heavy atom. The van der Waals surface area contributed by atoms with Crippen LogP contribution in [0.1, 0.15) is 71.6 Å². The van der Waals surface area contributed by atoms with E-state index in [9.17, 15) is 5.11 Å². The molecule has 0 aromatic heterocycles. The molecule has 1 N–H and O–H groups in total. The third kappa shape index (κ3) is 3.27. The van der Waals surface area contributed by atoms with E-state index >= 15 is 0 Å². The van der Waals surface area contributed by atoms with E-state index in [0.717, 1.165) is 18.3 Å². The van der Waals surface area contributed by atoms with Gasteiger partial charge in [0, 0.05) is 18.7 Å². The van der Waals surface area contributed by atoms with E-state index in [4.69, 9.17) is 0 Å². The Labute approximate surface area is 125 Å². The van der Waals surface area contributed by atoms with E-state index in [2.05, 4.69) is 25.1 Å². The van der Waals surface area contributed by atoms with Crippen molar-refractivity contribution in [1.29, 1.82) is 0 Å². The summed E-state index contributed by atoms with van der Waals surface area (Å²) < 4.78 is 0. The summed E-state index contributed by atoms with van der Waals surface area (Å²) in [4.78, 5) is 4.40. The lowest BCUT2D eigenvalue weighted by Crippen LogP contribution is -2.43. The Balaban J connectivity index is 1.97. The van der Waals surface area contributed by atoms with Gasteiger partial charge in [-0.25, -0.2) is 0 Å². The second-order valence-electron chi connectivity index (χ2n) is 7.52. The van der Waals surface area contributed by atoms with Gasteiger partial charge in [0.1, 0.15) is 0 Å². The molecule has 0 heterocycles. The fraction of sp³-hybridized carbons (Fsp3) is 0.944. The lowest BCUT2D eigenvalue weighted by atomic mass is 9.63. The molecule has 2 aliphatic carbocycles. The molecule has 0 amide bonds. The second-order valence-corrected chi connectivity index (χ2v) is 7.52. The number of fused-ring (bicyclic) bond motifs is 1. The molecule has 2 aliphatic rings. The number of nitrogens with zero attached hydrogens (tertiary/aromatic N) is 1. The van der Waals surface area contributed by atoms with Crippen LogP contribution in [0.2, 0.25) is 0 Å². The summed E-state index contributed by atoms with van der Waals surface area (Å²) in [5.41, 5.74) is 0.226. The van der Waals surface area contributed by atoms with Crippen LogP contribution in [-0.4, -0.2) is 24.5 Å². The number of unbranched alkanes of at least 4 members (excludes halogenated alkanes) is 1. The Kier molecular flexibility index (Phi) is 5.65. The standard InChI is InChI=1S/C18H33NO/c1-14(2)7-4-5-8-15-10-11-16-17(20)9-6-12-18(15,16)13-19-3/h13-17,20H,4-12H2,1-3H3/t15-,16-,17?,18?/m0/s1. The number of aliphatic hydroxyl groups is 1. The van der Waals surface area contributed by atoms with Gasteiger partial charge in [0.05, 0.1) is 6.10 Å². The molecule has 2 fully saturated rings. The summed E-state index contributed by atoms with van der Waals surface area (Å²) in [5.74, 6) is 2.07. The number of hydrogen-bond acceptors (Lipinski definition) is 2. The molecule has 0 aromatic carbocycles. The van der Waals surface area contributed by atoms with Gasteiger partial charge in [-0.1, -0.05) is 33.1 Å². The summed E-state index contributed by atoms with van der Waals surface area (Å²) in [6, 6.07) is 0. The Morgan fingerprint density at radius 1 is 1.25 bits per heavy atom. The third-order valence-corrected chi connectivity index (χ3v) is 5.80. The average Bonchev–Trinajstić information content (AvgIpc) is 2.75. The average molecular weight is 279 g/mol. The molecule has 0 bridgehead atoms. The van der Waals surface area contributed by atoms with Gasteiger partial charge in [0.25, 0.3) is 0 Å². The van der Waals surface area contributed by atoms with Crippen molar-refractivity contribution in [3.05, 3.63) is 0 Å². The minimum Gasteiger partial charge on any atom is -0.393 e. The van der Waals surface area contributed by atoms with Crippen molar-refractivity contribution in [3.63, 3.8) is 0 Å². The normalized spacial score (nSPS) is 37.8. The van der Waals surface area contributed by atoms with Gasteiger partial charge in [0.2, 0.25) is 0 Å². The molecule has 2 nitrogen and oxygen atoms in total. The number of aliphatic hydroxyl groups excluding tert-OH is 1. The molecule has 0 aliphatic heterocycles. The molecule has 20 heavy (non-hydrogen) atoms. The van der Waals surface area contributed by atoms with Crippen molar-refractivity contribution < 1.29 is 5.11 Å². The lowest BCUT2D eigenvalue weighted by molar-refractivity contribution is 0.0115. The third-order valence-electron chi connectivity index (χ3n) is 5.80. The number of rotatable bonds is 6. The fourth-order valence-electron chi connectivity index (χ4n) is 4.84. The fourth-order valence-corrected chi connectivity index (χ4v) is 4.84. The first-order valence-corrected chi connectivity index (χ1v) is 8.71. The summed E-state index contributed by atoms with van der Waals surface area (Å²) in [5, 5.41) is 10.4. The highest BCUT2D eigenvalue weighted by molar-refractivity contribution is 5.67. The maximum atomic E-state index is 10.4. The van der Waals surface area contributed by atoms with E-state index in [1.54, 1.807) is 0 Å². The molecule has 116 valence electrons. The molecule has 0 saturated heterocycles. The number of hydrogen-bond donors (Lipinski definition) is 1. The van der Waals surface area contributed by atoms with Gasteiger partial charge in [-0.2, -0.15) is 0 Å². The van der Waals surface area contributed by atoms with Gasteiger partial charge >= 0.3 is 0 Å². The molecule has 2 saturated carbocycles. The first kappa shape index (κ1) is 16.0. The van der Waals surface area contributed by atoms with Crippen molar-refractivity contribution in [3.8, 4) is 0 Å². The molecule has 0 radical (unpaired) electrons. The monoisotopic (exact) mass is 279 g/mol. The Hall–Kier alpha value is -0.370. The van der Waals surface area contributed by atoms with E-state index in [1.807, 2.05) is 7.05 Å². The Bertz CT molecular complexity index is 325. The minimum atomic E-state index is -0.0811. The first-order valence-electron chi connectivity index (χ1n) is 8.71. The maximum Gasteiger partial charge on any atom is 0.0577 e. The van der Waals surface area contributed by atoms with Crippen LogP contribution in [0.15, 0.2) is 4.99 Å². The minimum absolute atomic E-state index is 0.0811. The van der Waals surface area contributed by atoms with Crippen molar-refractivity contribution >= 4 is 6.21 Å². The van der Waals surface area contributed by atoms with Crippen LogP contribution < -0.4 is 0 Å². The summed E-state index contributed by atoms with van der Waals surface area (Å²) in [7, 11) is 1.90. The van der Waals surface area contributed by atoms with Crippen molar-refractivity contribution in [2.24, 2.45) is 28.2 Å². The quantitative estimate of drug-likeness (QED) is 0.565. The molecular weight excluding hydrogens is 246 g/mol. The van der Waals surface area contributed by atoms with Crippen LogP contribution in [0, 0.1) is 23.2 Å². The van der Waals surface area contributed by atoms with Gasteiger partial charge in [0.15, 0.2) is 0 Å². The molecule has 2 unspecified atom stereocenters. The summed E-state index contributed by atoms with van der Waals surface area (Å²) >= 11 is 0. The molecule has 0 aromatic rings. The number of aliphatic imine (C=N–C) groups is 1. The van der Waals surface area contributed by atoms with E-state index in [0.29, 0.717) is 5.92 Å². The molecular formula is C18H33NO. The first-order chi connectivity index (χ1) is 9.60. The van der Waals surface area contributed by atoms with Crippen molar-refractivity contribution in [2.75, 3.05) is 7.05 Å². The highest BCUT2D eigenvalue weighted by atomic mass is 16.3. The van der Waals surface area contributed by atoms with Gasteiger partial charge in [-0.05, 0) is 56.3 Å². The van der Waals surface area contributed by atoms with Crippen LogP contribution in [0.3, 0.4) is 0 Å².